The molecule has 1 aliphatic heterocycles. The maximum atomic E-state index is 12.8. The lowest BCUT2D eigenvalue weighted by Crippen LogP contribution is -2.47. The molecule has 128 valence electrons. The number of nitrogens with zero attached hydrogens (tertiary/aromatic N) is 4. The Kier molecular flexibility index (Phi) is 4.53. The second kappa shape index (κ2) is 6.60. The van der Waals surface area contributed by atoms with Crippen LogP contribution in [0, 0.1) is 6.92 Å². The quantitative estimate of drug-likeness (QED) is 0.792. The molecule has 1 amide bonds. The summed E-state index contributed by atoms with van der Waals surface area (Å²) in [5.74, 6) is -0.117. The molecule has 3 heterocycles. The van der Waals surface area contributed by atoms with Crippen molar-refractivity contribution in [3.8, 4) is 0 Å². The Morgan fingerprint density at radius 1 is 1.38 bits per heavy atom. The second-order valence-electron chi connectivity index (χ2n) is 6.26. The van der Waals surface area contributed by atoms with E-state index in [1.165, 1.54) is 6.92 Å². The minimum Gasteiger partial charge on any atom is -0.373 e. The fourth-order valence-corrected chi connectivity index (χ4v) is 2.92. The molecule has 1 saturated heterocycles. The zero-order chi connectivity index (χ0) is 17.3. The summed E-state index contributed by atoms with van der Waals surface area (Å²) in [6.07, 6.45) is 5.37. The zero-order valence-corrected chi connectivity index (χ0v) is 14.2. The van der Waals surface area contributed by atoms with Gasteiger partial charge in [0.05, 0.1) is 25.5 Å². The second-order valence-corrected chi connectivity index (χ2v) is 6.26. The third-order valence-electron chi connectivity index (χ3n) is 4.21. The third kappa shape index (κ3) is 3.41. The number of carbonyl (C=O) groups is 2. The largest absolute Gasteiger partial charge is 0.373 e. The molecule has 0 spiro atoms. The SMILES string of the molecule is CC(=O)c1cc(C(=O)N2CCOC(Cn3cc(C)cn3)C2)n(C)c1. The number of hydrogen-bond donors (Lipinski definition) is 0. The van der Waals surface area contributed by atoms with Gasteiger partial charge in [-0.25, -0.2) is 0 Å². The molecule has 2 aromatic heterocycles. The van der Waals surface area contributed by atoms with Gasteiger partial charge in [-0.3, -0.25) is 14.3 Å². The van der Waals surface area contributed by atoms with Crippen LogP contribution in [0.25, 0.3) is 0 Å². The van der Waals surface area contributed by atoms with E-state index >= 15 is 0 Å². The van der Waals surface area contributed by atoms with Crippen LogP contribution in [-0.2, 0) is 18.3 Å². The zero-order valence-electron chi connectivity index (χ0n) is 14.2. The van der Waals surface area contributed by atoms with Gasteiger partial charge < -0.3 is 14.2 Å². The van der Waals surface area contributed by atoms with Gasteiger partial charge in [-0.05, 0) is 25.5 Å². The molecule has 0 N–H and O–H groups in total. The molecule has 2 aromatic rings. The summed E-state index contributed by atoms with van der Waals surface area (Å²) in [6.45, 7) is 5.67. The molecule has 1 fully saturated rings. The number of aromatic nitrogens is 3. The number of carbonyl (C=O) groups excluding carboxylic acids is 2. The van der Waals surface area contributed by atoms with E-state index in [-0.39, 0.29) is 17.8 Å². The van der Waals surface area contributed by atoms with Crippen LogP contribution in [-0.4, -0.2) is 56.7 Å². The summed E-state index contributed by atoms with van der Waals surface area (Å²) in [7, 11) is 1.78. The van der Waals surface area contributed by atoms with Crippen molar-refractivity contribution in [2.45, 2.75) is 26.5 Å². The van der Waals surface area contributed by atoms with Crippen LogP contribution in [0.1, 0.15) is 33.3 Å². The van der Waals surface area contributed by atoms with Crippen molar-refractivity contribution in [3.05, 3.63) is 41.5 Å². The number of ketones is 1. The van der Waals surface area contributed by atoms with Crippen LogP contribution in [0.15, 0.2) is 24.7 Å². The number of hydrogen-bond acceptors (Lipinski definition) is 4. The van der Waals surface area contributed by atoms with Gasteiger partial charge in [0.1, 0.15) is 5.69 Å². The first-order chi connectivity index (χ1) is 11.4. The number of aryl methyl sites for hydroxylation is 2. The summed E-state index contributed by atoms with van der Waals surface area (Å²) in [5, 5.41) is 4.27. The highest BCUT2D eigenvalue weighted by atomic mass is 16.5. The van der Waals surface area contributed by atoms with Crippen molar-refractivity contribution in [1.82, 2.24) is 19.2 Å². The lowest BCUT2D eigenvalue weighted by atomic mass is 10.2. The van der Waals surface area contributed by atoms with Gasteiger partial charge in [0.25, 0.3) is 5.91 Å². The maximum absolute atomic E-state index is 12.8. The van der Waals surface area contributed by atoms with Crippen LogP contribution in [0.5, 0.6) is 0 Å². The van der Waals surface area contributed by atoms with Gasteiger partial charge in [-0.15, -0.1) is 0 Å². The van der Waals surface area contributed by atoms with E-state index in [4.69, 9.17) is 4.74 Å². The van der Waals surface area contributed by atoms with Gasteiger partial charge in [0.2, 0.25) is 0 Å². The van der Waals surface area contributed by atoms with Crippen molar-refractivity contribution in [3.63, 3.8) is 0 Å². The molecule has 0 aliphatic carbocycles. The van der Waals surface area contributed by atoms with E-state index in [1.807, 2.05) is 17.8 Å². The summed E-state index contributed by atoms with van der Waals surface area (Å²) in [6, 6.07) is 1.66. The van der Waals surface area contributed by atoms with Crippen LogP contribution in [0.2, 0.25) is 0 Å². The Labute approximate surface area is 140 Å². The number of amides is 1. The molecular weight excluding hydrogens is 308 g/mol. The molecule has 3 rings (SSSR count). The summed E-state index contributed by atoms with van der Waals surface area (Å²) < 4.78 is 9.31. The average molecular weight is 330 g/mol. The first kappa shape index (κ1) is 16.4. The summed E-state index contributed by atoms with van der Waals surface area (Å²) in [4.78, 5) is 26.1. The van der Waals surface area contributed by atoms with Crippen molar-refractivity contribution < 1.29 is 14.3 Å². The minimum absolute atomic E-state index is 0.0430. The first-order valence-corrected chi connectivity index (χ1v) is 8.01. The van der Waals surface area contributed by atoms with E-state index in [2.05, 4.69) is 5.10 Å². The Balaban J connectivity index is 1.69. The maximum Gasteiger partial charge on any atom is 0.270 e. The number of ether oxygens (including phenoxy) is 1. The van der Waals surface area contributed by atoms with E-state index in [0.717, 1.165) is 5.56 Å². The van der Waals surface area contributed by atoms with Crippen molar-refractivity contribution >= 4 is 11.7 Å². The summed E-state index contributed by atoms with van der Waals surface area (Å²) >= 11 is 0. The third-order valence-corrected chi connectivity index (χ3v) is 4.21. The molecule has 1 unspecified atom stereocenters. The van der Waals surface area contributed by atoms with Crippen molar-refractivity contribution in [1.29, 1.82) is 0 Å². The summed E-state index contributed by atoms with van der Waals surface area (Å²) in [5.41, 5.74) is 2.17. The molecule has 7 heteroatoms. The van der Waals surface area contributed by atoms with Crippen molar-refractivity contribution in [2.75, 3.05) is 19.7 Å². The Morgan fingerprint density at radius 2 is 2.17 bits per heavy atom. The monoisotopic (exact) mass is 330 g/mol. The molecule has 24 heavy (non-hydrogen) atoms. The number of Topliss-reactive ketones (excluding diaryl/α,β-unsaturated/α-hetero) is 1. The predicted molar refractivity (Wildman–Crippen MR) is 88.0 cm³/mol. The molecule has 1 aliphatic rings. The number of morpholine rings is 1. The molecular formula is C17H22N4O3. The van der Waals surface area contributed by atoms with Crippen LogP contribution >= 0.6 is 0 Å². The van der Waals surface area contributed by atoms with Crippen LogP contribution in [0.3, 0.4) is 0 Å². The van der Waals surface area contributed by atoms with E-state index in [0.29, 0.717) is 37.5 Å². The molecule has 7 nitrogen and oxygen atoms in total. The molecule has 0 aromatic carbocycles. The van der Waals surface area contributed by atoms with Crippen LogP contribution in [0.4, 0.5) is 0 Å². The van der Waals surface area contributed by atoms with Crippen molar-refractivity contribution in [2.24, 2.45) is 7.05 Å². The Morgan fingerprint density at radius 3 is 2.79 bits per heavy atom. The van der Waals surface area contributed by atoms with Gasteiger partial charge in [-0.1, -0.05) is 0 Å². The standard InChI is InChI=1S/C17H22N4O3/c1-12-7-18-21(8-12)11-15-10-20(4-5-24-15)17(23)16-6-14(13(2)22)9-19(16)3/h6-9,15H,4-5,10-11H2,1-3H3. The first-order valence-electron chi connectivity index (χ1n) is 8.01. The topological polar surface area (TPSA) is 69.4 Å². The van der Waals surface area contributed by atoms with Gasteiger partial charge in [-0.2, -0.15) is 5.10 Å². The van der Waals surface area contributed by atoms with E-state index < -0.39 is 0 Å². The molecule has 0 radical (unpaired) electrons. The fourth-order valence-electron chi connectivity index (χ4n) is 2.92. The minimum atomic E-state index is -0.0884. The normalized spacial score (nSPS) is 18.0. The van der Waals surface area contributed by atoms with Gasteiger partial charge >= 0.3 is 0 Å². The molecule has 0 bridgehead atoms. The lowest BCUT2D eigenvalue weighted by molar-refractivity contribution is -0.0302. The fraction of sp³-hybridized carbons (Fsp3) is 0.471. The van der Waals surface area contributed by atoms with E-state index in [9.17, 15) is 9.59 Å². The van der Waals surface area contributed by atoms with Gasteiger partial charge in [0.15, 0.2) is 5.78 Å². The number of rotatable bonds is 4. The molecule has 1 atom stereocenters. The Hall–Kier alpha value is -2.41. The highest BCUT2D eigenvalue weighted by Crippen LogP contribution is 2.15. The predicted octanol–water partition coefficient (Wildman–Crippen LogP) is 1.27. The van der Waals surface area contributed by atoms with E-state index in [1.54, 1.807) is 35.0 Å². The lowest BCUT2D eigenvalue weighted by Gasteiger charge is -2.33. The highest BCUT2D eigenvalue weighted by Gasteiger charge is 2.27. The Bertz CT molecular complexity index is 762. The highest BCUT2D eigenvalue weighted by molar-refractivity contribution is 5.99. The smallest absolute Gasteiger partial charge is 0.270 e. The molecule has 0 saturated carbocycles. The average Bonchev–Trinajstić information content (AvgIpc) is 3.13. The van der Waals surface area contributed by atoms with Gasteiger partial charge in [0, 0.05) is 38.1 Å². The van der Waals surface area contributed by atoms with Crippen LogP contribution < -0.4 is 0 Å².